The molecule has 0 unspecified atom stereocenters. The maximum Gasteiger partial charge on any atom is 0.348 e. The zero-order chi connectivity index (χ0) is 15.2. The van der Waals surface area contributed by atoms with Crippen molar-refractivity contribution < 1.29 is 14.3 Å². The Morgan fingerprint density at radius 1 is 1.24 bits per heavy atom. The molecular formula is C16H17NO3S. The molecule has 0 radical (unpaired) electrons. The highest BCUT2D eigenvalue weighted by Gasteiger charge is 2.14. The fraction of sp³-hybridized carbons (Fsp3) is 0.250. The van der Waals surface area contributed by atoms with Gasteiger partial charge in [-0.1, -0.05) is 25.1 Å². The Bertz CT molecular complexity index is 634. The summed E-state index contributed by atoms with van der Waals surface area (Å²) in [5.74, 6) is -0.801. The number of carbonyl (C=O) groups excluding carboxylic acids is 2. The van der Waals surface area contributed by atoms with E-state index in [0.717, 1.165) is 16.9 Å². The average molecular weight is 303 g/mol. The van der Waals surface area contributed by atoms with Gasteiger partial charge >= 0.3 is 5.97 Å². The molecule has 21 heavy (non-hydrogen) atoms. The number of benzene rings is 1. The van der Waals surface area contributed by atoms with E-state index in [1.54, 1.807) is 18.2 Å². The first-order chi connectivity index (χ1) is 10.1. The molecule has 2 rings (SSSR count). The summed E-state index contributed by atoms with van der Waals surface area (Å²) in [7, 11) is 0. The summed E-state index contributed by atoms with van der Waals surface area (Å²) >= 11 is 1.42. The third-order valence-electron chi connectivity index (χ3n) is 2.93. The van der Waals surface area contributed by atoms with Gasteiger partial charge in [-0.2, -0.15) is 0 Å². The highest BCUT2D eigenvalue weighted by atomic mass is 32.1. The highest BCUT2D eigenvalue weighted by molar-refractivity contribution is 7.14. The number of hydrogen-bond acceptors (Lipinski definition) is 4. The maximum atomic E-state index is 11.9. The van der Waals surface area contributed by atoms with Crippen LogP contribution in [0.2, 0.25) is 0 Å². The first-order valence-corrected chi connectivity index (χ1v) is 7.53. The van der Waals surface area contributed by atoms with Gasteiger partial charge in [0, 0.05) is 10.6 Å². The normalized spacial score (nSPS) is 10.2. The van der Waals surface area contributed by atoms with E-state index >= 15 is 0 Å². The molecule has 1 amide bonds. The lowest BCUT2D eigenvalue weighted by molar-refractivity contribution is -0.119. The van der Waals surface area contributed by atoms with Gasteiger partial charge in [0.2, 0.25) is 0 Å². The van der Waals surface area contributed by atoms with Crippen molar-refractivity contribution in [2.75, 3.05) is 11.9 Å². The van der Waals surface area contributed by atoms with Gasteiger partial charge in [0.05, 0.1) is 0 Å². The largest absolute Gasteiger partial charge is 0.451 e. The Hall–Kier alpha value is -2.14. The van der Waals surface area contributed by atoms with Gasteiger partial charge in [-0.05, 0) is 37.1 Å². The second-order valence-corrected chi connectivity index (χ2v) is 5.70. The van der Waals surface area contributed by atoms with Crippen LogP contribution in [0.5, 0.6) is 0 Å². The van der Waals surface area contributed by atoms with Crippen molar-refractivity contribution in [3.05, 3.63) is 51.7 Å². The number of amides is 1. The topological polar surface area (TPSA) is 55.4 Å². The van der Waals surface area contributed by atoms with Crippen molar-refractivity contribution in [1.82, 2.24) is 0 Å². The molecule has 1 heterocycles. The monoisotopic (exact) mass is 303 g/mol. The first-order valence-electron chi connectivity index (χ1n) is 6.71. The predicted molar refractivity (Wildman–Crippen MR) is 83.8 cm³/mol. The molecule has 0 atom stereocenters. The Morgan fingerprint density at radius 3 is 2.57 bits per heavy atom. The fourth-order valence-electron chi connectivity index (χ4n) is 1.89. The van der Waals surface area contributed by atoms with Crippen molar-refractivity contribution in [2.24, 2.45) is 0 Å². The van der Waals surface area contributed by atoms with E-state index in [1.165, 1.54) is 11.3 Å². The summed E-state index contributed by atoms with van der Waals surface area (Å²) in [6.45, 7) is 3.72. The van der Waals surface area contributed by atoms with E-state index < -0.39 is 5.97 Å². The molecule has 0 fully saturated rings. The molecule has 0 saturated carbocycles. The number of aryl methyl sites for hydroxylation is 2. The summed E-state index contributed by atoms with van der Waals surface area (Å²) in [6, 6.07) is 10.9. The maximum absolute atomic E-state index is 11.9. The molecule has 0 aliphatic heterocycles. The summed E-state index contributed by atoms with van der Waals surface area (Å²) < 4.78 is 5.03. The molecule has 0 bridgehead atoms. The number of rotatable bonds is 5. The van der Waals surface area contributed by atoms with Crippen molar-refractivity contribution >= 4 is 28.9 Å². The number of esters is 1. The molecule has 0 aliphatic rings. The van der Waals surface area contributed by atoms with Crippen LogP contribution in [0.1, 0.15) is 27.0 Å². The molecule has 1 aromatic carbocycles. The van der Waals surface area contributed by atoms with E-state index in [4.69, 9.17) is 4.74 Å². The Kier molecular flexibility index (Phi) is 5.11. The van der Waals surface area contributed by atoms with Crippen LogP contribution in [-0.2, 0) is 16.0 Å². The molecule has 2 aromatic rings. The molecule has 4 nitrogen and oxygen atoms in total. The van der Waals surface area contributed by atoms with Crippen LogP contribution in [0.4, 0.5) is 5.69 Å². The molecule has 1 N–H and O–H groups in total. The van der Waals surface area contributed by atoms with Gasteiger partial charge < -0.3 is 10.1 Å². The lowest BCUT2D eigenvalue weighted by Gasteiger charge is -2.05. The van der Waals surface area contributed by atoms with Crippen molar-refractivity contribution in [3.63, 3.8) is 0 Å². The zero-order valence-corrected chi connectivity index (χ0v) is 12.8. The van der Waals surface area contributed by atoms with Crippen molar-refractivity contribution in [1.29, 1.82) is 0 Å². The first kappa shape index (κ1) is 15.3. The Labute approximate surface area is 127 Å². The summed E-state index contributed by atoms with van der Waals surface area (Å²) in [5.41, 5.74) is 1.77. The zero-order valence-electron chi connectivity index (χ0n) is 12.0. The molecule has 0 spiro atoms. The standard InChI is InChI=1S/C16H17NO3S/c1-3-13-11(2)9-14(21-13)16(19)20-10-15(18)17-12-7-5-4-6-8-12/h4-9H,3,10H2,1-2H3,(H,17,18). The van der Waals surface area contributed by atoms with Gasteiger partial charge in [-0.25, -0.2) is 4.79 Å². The summed E-state index contributed by atoms with van der Waals surface area (Å²) in [4.78, 5) is 25.3. The van der Waals surface area contributed by atoms with Gasteiger partial charge in [0.15, 0.2) is 6.61 Å². The number of thiophene rings is 1. The molecule has 110 valence electrons. The highest BCUT2D eigenvalue weighted by Crippen LogP contribution is 2.22. The van der Waals surface area contributed by atoms with E-state index in [-0.39, 0.29) is 12.5 Å². The second kappa shape index (κ2) is 7.04. The SMILES string of the molecule is CCc1sc(C(=O)OCC(=O)Nc2ccccc2)cc1C. The number of anilines is 1. The molecule has 1 aromatic heterocycles. The Morgan fingerprint density at radius 2 is 1.95 bits per heavy atom. The number of ether oxygens (including phenoxy) is 1. The lowest BCUT2D eigenvalue weighted by atomic mass is 10.2. The summed E-state index contributed by atoms with van der Waals surface area (Å²) in [5, 5.41) is 2.66. The number of nitrogens with one attached hydrogen (secondary N) is 1. The van der Waals surface area contributed by atoms with Crippen LogP contribution in [-0.4, -0.2) is 18.5 Å². The number of carbonyl (C=O) groups is 2. The van der Waals surface area contributed by atoms with Crippen LogP contribution in [0.3, 0.4) is 0 Å². The van der Waals surface area contributed by atoms with Crippen LogP contribution >= 0.6 is 11.3 Å². The van der Waals surface area contributed by atoms with E-state index in [9.17, 15) is 9.59 Å². The minimum atomic E-state index is -0.453. The quantitative estimate of drug-likeness (QED) is 0.861. The lowest BCUT2D eigenvalue weighted by Crippen LogP contribution is -2.20. The Balaban J connectivity index is 1.87. The van der Waals surface area contributed by atoms with Crippen molar-refractivity contribution in [3.8, 4) is 0 Å². The summed E-state index contributed by atoms with van der Waals surface area (Å²) in [6.07, 6.45) is 0.887. The van der Waals surface area contributed by atoms with Gasteiger partial charge in [-0.3, -0.25) is 4.79 Å². The van der Waals surface area contributed by atoms with Crippen molar-refractivity contribution in [2.45, 2.75) is 20.3 Å². The van der Waals surface area contributed by atoms with E-state index in [0.29, 0.717) is 10.6 Å². The number of hydrogen-bond donors (Lipinski definition) is 1. The fourth-order valence-corrected chi connectivity index (χ4v) is 2.90. The van der Waals surface area contributed by atoms with Gasteiger partial charge in [0.1, 0.15) is 4.88 Å². The van der Waals surface area contributed by atoms with E-state index in [1.807, 2.05) is 32.0 Å². The molecule has 0 aliphatic carbocycles. The van der Waals surface area contributed by atoms with Crippen LogP contribution in [0.25, 0.3) is 0 Å². The third kappa shape index (κ3) is 4.16. The second-order valence-electron chi connectivity index (χ2n) is 4.56. The third-order valence-corrected chi connectivity index (χ3v) is 4.30. The van der Waals surface area contributed by atoms with Gasteiger partial charge in [-0.15, -0.1) is 11.3 Å². The van der Waals surface area contributed by atoms with Crippen LogP contribution in [0.15, 0.2) is 36.4 Å². The van der Waals surface area contributed by atoms with Gasteiger partial charge in [0.25, 0.3) is 5.91 Å². The van der Waals surface area contributed by atoms with Crippen LogP contribution in [0, 0.1) is 6.92 Å². The minimum absolute atomic E-state index is 0.286. The minimum Gasteiger partial charge on any atom is -0.451 e. The molecular weight excluding hydrogens is 286 g/mol. The smallest absolute Gasteiger partial charge is 0.348 e. The van der Waals surface area contributed by atoms with E-state index in [2.05, 4.69) is 5.32 Å². The average Bonchev–Trinajstić information content (AvgIpc) is 2.87. The molecule has 0 saturated heterocycles. The van der Waals surface area contributed by atoms with Crippen LogP contribution < -0.4 is 5.32 Å². The predicted octanol–water partition coefficient (Wildman–Crippen LogP) is 3.41. The molecule has 5 heteroatoms. The number of para-hydroxylation sites is 1.